The number of urea groups is 1. The number of imide groups is 1. The van der Waals surface area contributed by atoms with E-state index in [1.807, 2.05) is 36.4 Å². The summed E-state index contributed by atoms with van der Waals surface area (Å²) in [6.07, 6.45) is 0.683. The van der Waals surface area contributed by atoms with Crippen LogP contribution in [0.3, 0.4) is 0 Å². The van der Waals surface area contributed by atoms with Gasteiger partial charge in [0.25, 0.3) is 5.91 Å². The number of hydrogen-bond acceptors (Lipinski definition) is 3. The molecule has 1 unspecified atom stereocenters. The van der Waals surface area contributed by atoms with E-state index in [0.29, 0.717) is 23.6 Å². The van der Waals surface area contributed by atoms with E-state index in [2.05, 4.69) is 34.9 Å². The second-order valence-electron chi connectivity index (χ2n) is 8.47. The summed E-state index contributed by atoms with van der Waals surface area (Å²) in [5.41, 5.74) is 1.69. The number of carbonyl (C=O) groups is 3. The minimum Gasteiger partial charge on any atom is -0.355 e. The molecule has 0 radical (unpaired) electrons. The Morgan fingerprint density at radius 1 is 0.941 bits per heavy atom. The van der Waals surface area contributed by atoms with Gasteiger partial charge in [0.2, 0.25) is 5.91 Å². The Kier molecular flexibility index (Phi) is 6.98. The third-order valence-electron chi connectivity index (χ3n) is 6.16. The minimum atomic E-state index is -1.24. The largest absolute Gasteiger partial charge is 0.355 e. The van der Waals surface area contributed by atoms with E-state index < -0.39 is 17.5 Å². The molecular formula is C27H26ClN3O3. The highest BCUT2D eigenvalue weighted by molar-refractivity contribution is 6.30. The summed E-state index contributed by atoms with van der Waals surface area (Å²) < 4.78 is 0. The molecule has 6 nitrogen and oxygen atoms in total. The van der Waals surface area contributed by atoms with Crippen LogP contribution in [0.15, 0.2) is 84.9 Å². The molecule has 0 aliphatic carbocycles. The van der Waals surface area contributed by atoms with Gasteiger partial charge in [0.1, 0.15) is 12.1 Å². The summed E-state index contributed by atoms with van der Waals surface area (Å²) in [6.45, 7) is 1.69. The highest BCUT2D eigenvalue weighted by Gasteiger charge is 2.49. The second-order valence-corrected chi connectivity index (χ2v) is 8.90. The van der Waals surface area contributed by atoms with Crippen molar-refractivity contribution >= 4 is 29.4 Å². The number of carbonyl (C=O) groups excluding carboxylic acids is 3. The van der Waals surface area contributed by atoms with Crippen LogP contribution in [0, 0.1) is 0 Å². The molecule has 4 rings (SSSR count). The molecule has 1 atom stereocenters. The van der Waals surface area contributed by atoms with Gasteiger partial charge in [-0.05, 0) is 42.2 Å². The van der Waals surface area contributed by atoms with Crippen LogP contribution in [-0.2, 0) is 15.1 Å². The van der Waals surface area contributed by atoms with Crippen LogP contribution in [-0.4, -0.2) is 35.8 Å². The minimum absolute atomic E-state index is 0.118. The Morgan fingerprint density at radius 2 is 1.50 bits per heavy atom. The fourth-order valence-electron chi connectivity index (χ4n) is 4.27. The predicted octanol–water partition coefficient (Wildman–Crippen LogP) is 4.45. The third-order valence-corrected chi connectivity index (χ3v) is 6.41. The number of hydrogen-bond donors (Lipinski definition) is 2. The molecule has 1 aliphatic rings. The van der Waals surface area contributed by atoms with E-state index in [1.165, 1.54) is 0 Å². The first-order valence-corrected chi connectivity index (χ1v) is 11.5. The highest BCUT2D eigenvalue weighted by atomic mass is 35.5. The lowest BCUT2D eigenvalue weighted by molar-refractivity contribution is -0.134. The van der Waals surface area contributed by atoms with Crippen LogP contribution in [0.4, 0.5) is 4.79 Å². The molecule has 0 saturated carbocycles. The first-order chi connectivity index (χ1) is 16.4. The Hall–Kier alpha value is -3.64. The molecule has 0 aromatic heterocycles. The van der Waals surface area contributed by atoms with E-state index in [1.54, 1.807) is 31.2 Å². The fourth-order valence-corrected chi connectivity index (χ4v) is 4.40. The van der Waals surface area contributed by atoms with Gasteiger partial charge in [-0.15, -0.1) is 0 Å². The summed E-state index contributed by atoms with van der Waals surface area (Å²) in [4.78, 5) is 39.1. The van der Waals surface area contributed by atoms with E-state index in [9.17, 15) is 14.4 Å². The van der Waals surface area contributed by atoms with Gasteiger partial charge in [0, 0.05) is 17.5 Å². The maximum absolute atomic E-state index is 13.0. The van der Waals surface area contributed by atoms with Crippen molar-refractivity contribution in [3.8, 4) is 0 Å². The third kappa shape index (κ3) is 4.97. The summed E-state index contributed by atoms with van der Waals surface area (Å²) in [5.74, 6) is -0.738. The van der Waals surface area contributed by atoms with Gasteiger partial charge in [-0.1, -0.05) is 84.4 Å². The maximum atomic E-state index is 13.0. The van der Waals surface area contributed by atoms with Crippen molar-refractivity contribution in [3.05, 3.63) is 107 Å². The van der Waals surface area contributed by atoms with Crippen molar-refractivity contribution in [1.82, 2.24) is 15.5 Å². The highest BCUT2D eigenvalue weighted by Crippen LogP contribution is 2.30. The lowest BCUT2D eigenvalue weighted by Crippen LogP contribution is -2.43. The zero-order chi connectivity index (χ0) is 24.1. The van der Waals surface area contributed by atoms with Gasteiger partial charge >= 0.3 is 6.03 Å². The lowest BCUT2D eigenvalue weighted by Gasteiger charge is -2.22. The van der Waals surface area contributed by atoms with Crippen LogP contribution in [0.5, 0.6) is 0 Å². The average Bonchev–Trinajstić information content (AvgIpc) is 3.07. The molecule has 1 heterocycles. The van der Waals surface area contributed by atoms with Crippen LogP contribution in [0.1, 0.15) is 36.0 Å². The molecule has 4 amide bonds. The summed E-state index contributed by atoms with van der Waals surface area (Å²) in [7, 11) is 0. The number of halogens is 1. The topological polar surface area (TPSA) is 78.5 Å². The first-order valence-electron chi connectivity index (χ1n) is 11.2. The zero-order valence-corrected chi connectivity index (χ0v) is 19.6. The molecule has 34 heavy (non-hydrogen) atoms. The molecule has 0 bridgehead atoms. The van der Waals surface area contributed by atoms with Gasteiger partial charge in [0.05, 0.1) is 0 Å². The molecule has 1 aliphatic heterocycles. The number of amides is 4. The van der Waals surface area contributed by atoms with Crippen molar-refractivity contribution in [2.75, 3.05) is 13.1 Å². The molecule has 0 spiro atoms. The molecule has 1 fully saturated rings. The molecule has 174 valence electrons. The van der Waals surface area contributed by atoms with E-state index >= 15 is 0 Å². The van der Waals surface area contributed by atoms with Crippen LogP contribution >= 0.6 is 11.6 Å². The SMILES string of the molecule is CC1(c2ccc(Cl)cc2)NC(=O)N(CC(=O)NCCC(c2ccccc2)c2ccccc2)C1=O. The van der Waals surface area contributed by atoms with E-state index in [4.69, 9.17) is 11.6 Å². The molecule has 3 aromatic rings. The van der Waals surface area contributed by atoms with Crippen molar-refractivity contribution in [3.63, 3.8) is 0 Å². The van der Waals surface area contributed by atoms with Crippen molar-refractivity contribution in [2.45, 2.75) is 24.8 Å². The van der Waals surface area contributed by atoms with Crippen molar-refractivity contribution in [1.29, 1.82) is 0 Å². The summed E-state index contributed by atoms with van der Waals surface area (Å²) in [5, 5.41) is 6.10. The predicted molar refractivity (Wildman–Crippen MR) is 131 cm³/mol. The van der Waals surface area contributed by atoms with E-state index in [-0.39, 0.29) is 18.4 Å². The quantitative estimate of drug-likeness (QED) is 0.472. The van der Waals surface area contributed by atoms with Crippen LogP contribution < -0.4 is 10.6 Å². The zero-order valence-electron chi connectivity index (χ0n) is 18.8. The lowest BCUT2D eigenvalue weighted by atomic mass is 9.88. The van der Waals surface area contributed by atoms with E-state index in [0.717, 1.165) is 16.0 Å². The summed E-state index contributed by atoms with van der Waals surface area (Å²) >= 11 is 5.94. The Bertz CT molecular complexity index is 1130. The molecule has 3 aromatic carbocycles. The van der Waals surface area contributed by atoms with Crippen LogP contribution in [0.25, 0.3) is 0 Å². The Balaban J connectivity index is 1.38. The van der Waals surface area contributed by atoms with Crippen molar-refractivity contribution in [2.24, 2.45) is 0 Å². The Labute approximate surface area is 203 Å². The normalized spacial score (nSPS) is 17.7. The standard InChI is InChI=1S/C27H26ClN3O3/c1-27(21-12-14-22(28)15-13-21)25(33)31(26(34)30-27)18-24(32)29-17-16-23(19-8-4-2-5-9-19)20-10-6-3-7-11-20/h2-15,23H,16-18H2,1H3,(H,29,32)(H,30,34). The smallest absolute Gasteiger partial charge is 0.325 e. The maximum Gasteiger partial charge on any atom is 0.325 e. The molecule has 2 N–H and O–H groups in total. The summed E-state index contributed by atoms with van der Waals surface area (Å²) in [6, 6.07) is 26.4. The number of nitrogens with one attached hydrogen (secondary N) is 2. The fraction of sp³-hybridized carbons (Fsp3) is 0.222. The second kappa shape index (κ2) is 10.1. The Morgan fingerprint density at radius 3 is 2.06 bits per heavy atom. The van der Waals surface area contributed by atoms with Gasteiger partial charge in [-0.25, -0.2) is 4.79 Å². The molecule has 7 heteroatoms. The van der Waals surface area contributed by atoms with Gasteiger partial charge in [0.15, 0.2) is 0 Å². The number of nitrogens with zero attached hydrogens (tertiary/aromatic N) is 1. The van der Waals surface area contributed by atoms with Gasteiger partial charge in [-0.3, -0.25) is 14.5 Å². The van der Waals surface area contributed by atoms with Gasteiger partial charge < -0.3 is 10.6 Å². The first kappa shape index (κ1) is 23.5. The number of rotatable bonds is 8. The number of benzene rings is 3. The average molecular weight is 476 g/mol. The molecule has 1 saturated heterocycles. The monoisotopic (exact) mass is 475 g/mol. The van der Waals surface area contributed by atoms with Crippen molar-refractivity contribution < 1.29 is 14.4 Å². The van der Waals surface area contributed by atoms with Gasteiger partial charge in [-0.2, -0.15) is 0 Å². The molecular weight excluding hydrogens is 450 g/mol. The van der Waals surface area contributed by atoms with Crippen LogP contribution in [0.2, 0.25) is 5.02 Å².